The van der Waals surface area contributed by atoms with Crippen LogP contribution in [0, 0.1) is 6.92 Å². The van der Waals surface area contributed by atoms with E-state index in [2.05, 4.69) is 4.98 Å². The van der Waals surface area contributed by atoms with Crippen molar-refractivity contribution in [2.75, 3.05) is 12.5 Å². The fourth-order valence-electron chi connectivity index (χ4n) is 3.78. The van der Waals surface area contributed by atoms with Crippen molar-refractivity contribution in [1.29, 1.82) is 0 Å². The van der Waals surface area contributed by atoms with E-state index in [1.165, 1.54) is 11.8 Å². The van der Waals surface area contributed by atoms with Gasteiger partial charge in [-0.1, -0.05) is 6.08 Å². The topological polar surface area (TPSA) is 94.9 Å². The fraction of sp³-hybridized carbons (Fsp3) is 0.333. The van der Waals surface area contributed by atoms with Crippen molar-refractivity contribution in [3.8, 4) is 23.0 Å². The van der Waals surface area contributed by atoms with Crippen molar-refractivity contribution in [2.24, 2.45) is 0 Å². The van der Waals surface area contributed by atoms with Crippen molar-refractivity contribution in [2.45, 2.75) is 37.4 Å². The molecule has 0 unspecified atom stereocenters. The zero-order chi connectivity index (χ0) is 22.1. The lowest BCUT2D eigenvalue weighted by molar-refractivity contribution is -0.142. The van der Waals surface area contributed by atoms with Crippen molar-refractivity contribution in [3.05, 3.63) is 59.4 Å². The number of carboxylic acids is 1. The molecular formula is C24H23NO6S. The Bertz CT molecular complexity index is 1170. The predicted molar refractivity (Wildman–Crippen MR) is 120 cm³/mol. The van der Waals surface area contributed by atoms with Crippen LogP contribution in [0.4, 0.5) is 0 Å². The Labute approximate surface area is 189 Å². The number of aromatic nitrogens is 1. The summed E-state index contributed by atoms with van der Waals surface area (Å²) < 4.78 is 22.0. The number of hydrogen-bond donors (Lipinski definition) is 1. The van der Waals surface area contributed by atoms with Crippen LogP contribution in [-0.2, 0) is 11.2 Å². The van der Waals surface area contributed by atoms with E-state index in [1.807, 2.05) is 49.4 Å². The largest absolute Gasteiger partial charge is 0.480 e. The maximum absolute atomic E-state index is 11.4. The van der Waals surface area contributed by atoms with Gasteiger partial charge >= 0.3 is 5.97 Å². The Morgan fingerprint density at radius 1 is 1.19 bits per heavy atom. The lowest BCUT2D eigenvalue weighted by Gasteiger charge is -2.36. The SMILES string of the molecule is Cc1oc(-c2ccc3c(c2)OCO3)nc1Cc1ccc(/C=C/CSC2(C(=O)O)CCC2)o1. The first-order valence-corrected chi connectivity index (χ1v) is 11.5. The van der Waals surface area contributed by atoms with Gasteiger partial charge in [0.05, 0.1) is 12.1 Å². The van der Waals surface area contributed by atoms with E-state index in [-0.39, 0.29) is 6.79 Å². The third-order valence-corrected chi connectivity index (χ3v) is 7.32. The second-order valence-corrected chi connectivity index (χ2v) is 9.34. The molecular weight excluding hydrogens is 430 g/mol. The number of aryl methyl sites for hydroxylation is 1. The molecule has 3 aromatic rings. The van der Waals surface area contributed by atoms with E-state index in [9.17, 15) is 9.90 Å². The number of nitrogens with zero attached hydrogens (tertiary/aromatic N) is 1. The van der Waals surface area contributed by atoms with Gasteiger partial charge in [-0.3, -0.25) is 4.79 Å². The molecule has 0 bridgehead atoms. The summed E-state index contributed by atoms with van der Waals surface area (Å²) in [6.07, 6.45) is 6.84. The molecule has 166 valence electrons. The van der Waals surface area contributed by atoms with E-state index in [1.54, 1.807) is 0 Å². The highest BCUT2D eigenvalue weighted by Gasteiger charge is 2.44. The number of carbonyl (C=O) groups is 1. The number of furan rings is 1. The van der Waals surface area contributed by atoms with E-state index in [0.717, 1.165) is 53.6 Å². The number of ether oxygens (including phenoxy) is 2. The van der Waals surface area contributed by atoms with Gasteiger partial charge in [0.15, 0.2) is 11.5 Å². The van der Waals surface area contributed by atoms with Gasteiger partial charge in [-0.15, -0.1) is 11.8 Å². The van der Waals surface area contributed by atoms with Crippen molar-refractivity contribution >= 4 is 23.8 Å². The molecule has 0 atom stereocenters. The van der Waals surface area contributed by atoms with Gasteiger partial charge < -0.3 is 23.4 Å². The molecule has 1 aromatic carbocycles. The minimum atomic E-state index is -0.703. The average molecular weight is 454 g/mol. The lowest BCUT2D eigenvalue weighted by Crippen LogP contribution is -2.42. The van der Waals surface area contributed by atoms with Crippen LogP contribution in [0.15, 0.2) is 45.2 Å². The standard InChI is InChI=1S/C24H23NO6S/c1-15-19(25-22(30-15)16-5-8-20-21(12-16)29-14-28-20)13-18-7-6-17(31-18)4-2-11-32-24(23(26)27)9-3-10-24/h2,4-8,12H,3,9-11,13-14H2,1H3,(H,26,27)/b4-2+. The minimum absolute atomic E-state index is 0.225. The third-order valence-electron chi connectivity index (χ3n) is 5.83. The molecule has 5 rings (SSSR count). The Hall–Kier alpha value is -3.13. The first-order valence-electron chi connectivity index (χ1n) is 10.5. The molecule has 32 heavy (non-hydrogen) atoms. The maximum Gasteiger partial charge on any atom is 0.319 e. The fourth-order valence-corrected chi connectivity index (χ4v) is 4.99. The van der Waals surface area contributed by atoms with Crippen molar-refractivity contribution in [1.82, 2.24) is 4.98 Å². The number of aliphatic carboxylic acids is 1. The molecule has 2 aromatic heterocycles. The Morgan fingerprint density at radius 2 is 2.03 bits per heavy atom. The van der Waals surface area contributed by atoms with E-state index < -0.39 is 10.7 Å². The summed E-state index contributed by atoms with van der Waals surface area (Å²) in [7, 11) is 0. The quantitative estimate of drug-likeness (QED) is 0.490. The molecule has 0 spiro atoms. The van der Waals surface area contributed by atoms with E-state index in [0.29, 0.717) is 23.8 Å². The monoisotopic (exact) mass is 453 g/mol. The maximum atomic E-state index is 11.4. The molecule has 3 heterocycles. The van der Waals surface area contributed by atoms with Crippen LogP contribution in [0.3, 0.4) is 0 Å². The molecule has 1 aliphatic carbocycles. The first kappa shape index (κ1) is 20.8. The van der Waals surface area contributed by atoms with Crippen LogP contribution >= 0.6 is 11.8 Å². The minimum Gasteiger partial charge on any atom is -0.480 e. The average Bonchev–Trinajstić information content (AvgIpc) is 3.47. The highest BCUT2D eigenvalue weighted by atomic mass is 32.2. The molecule has 7 nitrogen and oxygen atoms in total. The number of rotatable bonds is 8. The van der Waals surface area contributed by atoms with Crippen LogP contribution in [0.2, 0.25) is 0 Å². The molecule has 1 fully saturated rings. The molecule has 8 heteroatoms. The molecule has 1 N–H and O–H groups in total. The van der Waals surface area contributed by atoms with Gasteiger partial charge in [-0.05, 0) is 62.6 Å². The van der Waals surface area contributed by atoms with Crippen LogP contribution in [0.1, 0.15) is 42.2 Å². The van der Waals surface area contributed by atoms with Gasteiger partial charge in [0.25, 0.3) is 0 Å². The highest BCUT2D eigenvalue weighted by molar-refractivity contribution is 8.01. The molecule has 0 saturated heterocycles. The smallest absolute Gasteiger partial charge is 0.319 e. The van der Waals surface area contributed by atoms with Gasteiger partial charge in [0, 0.05) is 11.3 Å². The summed E-state index contributed by atoms with van der Waals surface area (Å²) in [5.74, 6) is 4.13. The van der Waals surface area contributed by atoms with Gasteiger partial charge in [-0.2, -0.15) is 0 Å². The number of hydrogen-bond acceptors (Lipinski definition) is 7. The lowest BCUT2D eigenvalue weighted by atomic mass is 9.84. The summed E-state index contributed by atoms with van der Waals surface area (Å²) in [5, 5.41) is 9.39. The van der Waals surface area contributed by atoms with Gasteiger partial charge in [-0.25, -0.2) is 4.98 Å². The van der Waals surface area contributed by atoms with Crippen LogP contribution < -0.4 is 9.47 Å². The number of oxazole rings is 1. The molecule has 2 aliphatic rings. The summed E-state index contributed by atoms with van der Waals surface area (Å²) in [5.41, 5.74) is 1.64. The van der Waals surface area contributed by atoms with Crippen LogP contribution in [0.25, 0.3) is 17.5 Å². The molecule has 1 aliphatic heterocycles. The summed E-state index contributed by atoms with van der Waals surface area (Å²) in [4.78, 5) is 16.1. The summed E-state index contributed by atoms with van der Waals surface area (Å²) in [6, 6.07) is 9.44. The number of carboxylic acid groups (broad SMARTS) is 1. The van der Waals surface area contributed by atoms with Gasteiger partial charge in [0.1, 0.15) is 22.0 Å². The van der Waals surface area contributed by atoms with E-state index >= 15 is 0 Å². The first-order chi connectivity index (χ1) is 15.5. The van der Waals surface area contributed by atoms with Crippen molar-refractivity contribution in [3.63, 3.8) is 0 Å². The second-order valence-electron chi connectivity index (χ2n) is 7.94. The predicted octanol–water partition coefficient (Wildman–Crippen LogP) is 5.32. The van der Waals surface area contributed by atoms with Crippen LogP contribution in [0.5, 0.6) is 11.5 Å². The number of fused-ring (bicyclic) bond motifs is 1. The molecule has 0 amide bonds. The molecule has 1 saturated carbocycles. The Morgan fingerprint density at radius 3 is 2.81 bits per heavy atom. The third kappa shape index (κ3) is 4.02. The highest BCUT2D eigenvalue weighted by Crippen LogP contribution is 2.44. The van der Waals surface area contributed by atoms with E-state index in [4.69, 9.17) is 18.3 Å². The van der Waals surface area contributed by atoms with Crippen molar-refractivity contribution < 1.29 is 28.2 Å². The zero-order valence-electron chi connectivity index (χ0n) is 17.6. The molecule has 0 radical (unpaired) electrons. The Kier molecular flexibility index (Phi) is 5.46. The number of thioether (sulfide) groups is 1. The summed E-state index contributed by atoms with van der Waals surface area (Å²) >= 11 is 1.49. The Balaban J connectivity index is 1.22. The zero-order valence-corrected chi connectivity index (χ0v) is 18.4. The second kappa shape index (κ2) is 8.43. The summed E-state index contributed by atoms with van der Waals surface area (Å²) in [6.45, 7) is 2.11. The number of benzene rings is 1. The normalized spacial score (nSPS) is 16.4. The van der Waals surface area contributed by atoms with Crippen LogP contribution in [-0.4, -0.2) is 33.4 Å². The van der Waals surface area contributed by atoms with Gasteiger partial charge in [0.2, 0.25) is 12.7 Å².